The van der Waals surface area contributed by atoms with E-state index in [1.54, 1.807) is 12.1 Å². The van der Waals surface area contributed by atoms with E-state index in [2.05, 4.69) is 0 Å². The zero-order valence-electron chi connectivity index (χ0n) is 22.3. The first-order chi connectivity index (χ1) is 19.0. The highest BCUT2D eigenvalue weighted by atomic mass is 35.5. The quantitative estimate of drug-likeness (QED) is 0.168. The number of Topliss-reactive ketones (excluding diaryl/α,β-unsaturated/α-hetero) is 1. The van der Waals surface area contributed by atoms with Gasteiger partial charge in [-0.05, 0) is 48.0 Å². The Morgan fingerprint density at radius 2 is 1.52 bits per heavy atom. The van der Waals surface area contributed by atoms with Crippen molar-refractivity contribution in [2.45, 2.75) is 6.04 Å². The van der Waals surface area contributed by atoms with E-state index in [1.165, 1.54) is 56.6 Å². The highest BCUT2D eigenvalue weighted by molar-refractivity contribution is 6.52. The number of amides is 1. The Morgan fingerprint density at radius 1 is 0.925 bits per heavy atom. The maximum Gasteiger partial charge on any atom is 0.337 e. The Hall–Kier alpha value is -4.21. The summed E-state index contributed by atoms with van der Waals surface area (Å²) in [5, 5.41) is 11.6. The van der Waals surface area contributed by atoms with E-state index in [9.17, 15) is 19.5 Å². The molecule has 1 N–H and O–H groups in total. The minimum absolute atomic E-state index is 0.00671. The molecule has 1 fully saturated rings. The van der Waals surface area contributed by atoms with Gasteiger partial charge in [-0.15, -0.1) is 0 Å². The monoisotopic (exact) mass is 584 g/mol. The van der Waals surface area contributed by atoms with Crippen molar-refractivity contribution in [3.05, 3.63) is 86.9 Å². The first-order valence-corrected chi connectivity index (χ1v) is 12.7. The van der Waals surface area contributed by atoms with Crippen molar-refractivity contribution < 1.29 is 33.7 Å². The average molecular weight is 585 g/mol. The van der Waals surface area contributed by atoms with Gasteiger partial charge in [-0.2, -0.15) is 0 Å². The molecule has 4 rings (SSSR count). The summed E-state index contributed by atoms with van der Waals surface area (Å²) in [6.07, 6.45) is 0. The number of carbonyl (C=O) groups is 3. The molecule has 1 atom stereocenters. The normalized spacial score (nSPS) is 16.2. The van der Waals surface area contributed by atoms with Crippen LogP contribution in [0.15, 0.2) is 60.2 Å². The number of hydrogen-bond acceptors (Lipinski definition) is 8. The number of esters is 1. The van der Waals surface area contributed by atoms with E-state index < -0.39 is 29.5 Å². The standard InChI is InChI=1S/C29H26Cl2N2O7/c1-32(2)17-10-6-15(7-11-17)23-21(24(34)19-14-20(30)27(39-4)22(31)26(19)38-3)25(35)28(36)33(23)18-12-8-16(9-13-18)29(37)40-5/h6-14,23,34H,1-5H3/b24-21+. The number of ether oxygens (including phenoxy) is 3. The lowest BCUT2D eigenvalue weighted by atomic mass is 9.94. The summed E-state index contributed by atoms with van der Waals surface area (Å²) in [4.78, 5) is 42.2. The molecule has 0 bridgehead atoms. The van der Waals surface area contributed by atoms with Crippen LogP contribution in [0, 0.1) is 0 Å². The highest BCUT2D eigenvalue weighted by Crippen LogP contribution is 2.48. The second-order valence-corrected chi connectivity index (χ2v) is 9.77. The van der Waals surface area contributed by atoms with Crippen LogP contribution in [0.5, 0.6) is 11.5 Å². The fourth-order valence-corrected chi connectivity index (χ4v) is 5.22. The molecule has 1 amide bonds. The average Bonchev–Trinajstić information content (AvgIpc) is 3.22. The molecule has 0 aliphatic carbocycles. The molecular weight excluding hydrogens is 559 g/mol. The van der Waals surface area contributed by atoms with Crippen LogP contribution in [-0.2, 0) is 14.3 Å². The van der Waals surface area contributed by atoms with E-state index in [4.69, 9.17) is 37.4 Å². The number of ketones is 1. The van der Waals surface area contributed by atoms with Gasteiger partial charge in [0.15, 0.2) is 11.5 Å². The largest absolute Gasteiger partial charge is 0.507 e. The molecule has 40 heavy (non-hydrogen) atoms. The zero-order valence-corrected chi connectivity index (χ0v) is 23.8. The predicted octanol–water partition coefficient (Wildman–Crippen LogP) is 5.49. The molecule has 11 heteroatoms. The van der Waals surface area contributed by atoms with Crippen LogP contribution in [0.1, 0.15) is 27.5 Å². The number of aliphatic hydroxyl groups is 1. The van der Waals surface area contributed by atoms with E-state index in [0.29, 0.717) is 11.3 Å². The van der Waals surface area contributed by atoms with Crippen LogP contribution in [0.25, 0.3) is 5.76 Å². The minimum Gasteiger partial charge on any atom is -0.507 e. The molecule has 0 aromatic heterocycles. The first kappa shape index (κ1) is 28.8. The number of halogens is 2. The van der Waals surface area contributed by atoms with Crippen molar-refractivity contribution in [2.24, 2.45) is 0 Å². The molecular formula is C29H26Cl2N2O7. The molecule has 1 saturated heterocycles. The first-order valence-electron chi connectivity index (χ1n) is 11.9. The van der Waals surface area contributed by atoms with Gasteiger partial charge in [-0.3, -0.25) is 14.5 Å². The number of nitrogens with zero attached hydrogens (tertiary/aromatic N) is 2. The number of benzene rings is 3. The maximum atomic E-state index is 13.6. The van der Waals surface area contributed by atoms with Crippen molar-refractivity contribution in [3.63, 3.8) is 0 Å². The number of methoxy groups -OCH3 is 3. The van der Waals surface area contributed by atoms with Crippen molar-refractivity contribution >= 4 is 58.0 Å². The summed E-state index contributed by atoms with van der Waals surface area (Å²) < 4.78 is 15.4. The third kappa shape index (κ3) is 4.94. The molecule has 3 aromatic carbocycles. The highest BCUT2D eigenvalue weighted by Gasteiger charge is 2.47. The van der Waals surface area contributed by atoms with Gasteiger partial charge in [0.1, 0.15) is 10.8 Å². The third-order valence-corrected chi connectivity index (χ3v) is 7.15. The summed E-state index contributed by atoms with van der Waals surface area (Å²) in [5.41, 5.74) is 1.84. The third-order valence-electron chi connectivity index (χ3n) is 6.53. The van der Waals surface area contributed by atoms with Gasteiger partial charge in [0, 0.05) is 25.5 Å². The molecule has 9 nitrogen and oxygen atoms in total. The molecule has 0 spiro atoms. The maximum absolute atomic E-state index is 13.6. The van der Waals surface area contributed by atoms with E-state index in [1.807, 2.05) is 31.1 Å². The number of anilines is 2. The number of hydrogen-bond donors (Lipinski definition) is 1. The van der Waals surface area contributed by atoms with E-state index in [-0.39, 0.29) is 38.2 Å². The van der Waals surface area contributed by atoms with Crippen molar-refractivity contribution in [2.75, 3.05) is 45.2 Å². The van der Waals surface area contributed by atoms with Gasteiger partial charge >= 0.3 is 5.97 Å². The smallest absolute Gasteiger partial charge is 0.337 e. The van der Waals surface area contributed by atoms with Crippen molar-refractivity contribution in [3.8, 4) is 11.5 Å². The van der Waals surface area contributed by atoms with E-state index >= 15 is 0 Å². The van der Waals surface area contributed by atoms with Crippen LogP contribution in [-0.4, -0.2) is 58.2 Å². The number of rotatable bonds is 7. The predicted molar refractivity (Wildman–Crippen MR) is 153 cm³/mol. The fraction of sp³-hybridized carbons (Fsp3) is 0.207. The number of aliphatic hydroxyl groups excluding tert-OH is 1. The zero-order chi connectivity index (χ0) is 29.3. The second-order valence-electron chi connectivity index (χ2n) is 8.98. The summed E-state index contributed by atoms with van der Waals surface area (Å²) in [7, 11) is 7.74. The van der Waals surface area contributed by atoms with Gasteiger partial charge in [-0.25, -0.2) is 4.79 Å². The van der Waals surface area contributed by atoms with Gasteiger partial charge in [0.2, 0.25) is 0 Å². The topological polar surface area (TPSA) is 106 Å². The number of carbonyl (C=O) groups excluding carboxylic acids is 3. The Kier molecular flexibility index (Phi) is 8.27. The van der Waals surface area contributed by atoms with Gasteiger partial charge in [0.25, 0.3) is 11.7 Å². The second kappa shape index (κ2) is 11.5. The van der Waals surface area contributed by atoms with Crippen LogP contribution in [0.4, 0.5) is 11.4 Å². The van der Waals surface area contributed by atoms with Crippen LogP contribution < -0.4 is 19.3 Å². The lowest BCUT2D eigenvalue weighted by molar-refractivity contribution is -0.132. The molecule has 1 aliphatic heterocycles. The molecule has 1 unspecified atom stereocenters. The Morgan fingerprint density at radius 3 is 2.05 bits per heavy atom. The molecule has 208 valence electrons. The Balaban J connectivity index is 1.97. The van der Waals surface area contributed by atoms with Crippen molar-refractivity contribution in [1.82, 2.24) is 0 Å². The van der Waals surface area contributed by atoms with Gasteiger partial charge in [0.05, 0.1) is 49.1 Å². The molecule has 0 radical (unpaired) electrons. The summed E-state index contributed by atoms with van der Waals surface area (Å²) in [6.45, 7) is 0. The summed E-state index contributed by atoms with van der Waals surface area (Å²) in [5.74, 6) is -2.75. The molecule has 1 aliphatic rings. The van der Waals surface area contributed by atoms with E-state index in [0.717, 1.165) is 5.69 Å². The van der Waals surface area contributed by atoms with Gasteiger partial charge in [-0.1, -0.05) is 35.3 Å². The van der Waals surface area contributed by atoms with Crippen LogP contribution in [0.2, 0.25) is 10.0 Å². The molecule has 0 saturated carbocycles. The molecule has 1 heterocycles. The summed E-state index contributed by atoms with van der Waals surface area (Å²) >= 11 is 12.8. The SMILES string of the molecule is COC(=O)c1ccc(N2C(=O)C(=O)/C(=C(/O)c3cc(Cl)c(OC)c(Cl)c3OC)C2c2ccc(N(C)C)cc2)cc1. The van der Waals surface area contributed by atoms with Crippen LogP contribution >= 0.6 is 23.2 Å². The minimum atomic E-state index is -1.04. The lowest BCUT2D eigenvalue weighted by Gasteiger charge is -2.26. The lowest BCUT2D eigenvalue weighted by Crippen LogP contribution is -2.29. The Bertz CT molecular complexity index is 1520. The van der Waals surface area contributed by atoms with Crippen LogP contribution in [0.3, 0.4) is 0 Å². The summed E-state index contributed by atoms with van der Waals surface area (Å²) in [6, 6.07) is 13.5. The van der Waals surface area contributed by atoms with Crippen molar-refractivity contribution in [1.29, 1.82) is 0 Å². The Labute approximate surface area is 241 Å². The molecule has 3 aromatic rings. The fourth-order valence-electron chi connectivity index (χ4n) is 4.54. The van der Waals surface area contributed by atoms with Gasteiger partial charge < -0.3 is 24.2 Å².